The summed E-state index contributed by atoms with van der Waals surface area (Å²) in [7, 11) is 0. The minimum Gasteiger partial charge on any atom is -0.394 e. The van der Waals surface area contributed by atoms with Crippen molar-refractivity contribution in [2.24, 2.45) is 0 Å². The van der Waals surface area contributed by atoms with Gasteiger partial charge in [0.2, 0.25) is 5.28 Å². The highest BCUT2D eigenvalue weighted by Crippen LogP contribution is 2.26. The van der Waals surface area contributed by atoms with Gasteiger partial charge < -0.3 is 11.1 Å². The van der Waals surface area contributed by atoms with Crippen LogP contribution in [0.1, 0.15) is 5.69 Å². The van der Waals surface area contributed by atoms with Gasteiger partial charge in [0.25, 0.3) is 0 Å². The van der Waals surface area contributed by atoms with Crippen LogP contribution in [0.15, 0.2) is 22.7 Å². The quantitative estimate of drug-likeness (QED) is 0.824. The van der Waals surface area contributed by atoms with Crippen molar-refractivity contribution in [3.8, 4) is 0 Å². The van der Waals surface area contributed by atoms with Crippen molar-refractivity contribution >= 4 is 44.7 Å². The topological polar surface area (TPSA) is 63.8 Å². The summed E-state index contributed by atoms with van der Waals surface area (Å²) in [4.78, 5) is 7.88. The number of anilines is 3. The Morgan fingerprint density at radius 2 is 2.11 bits per heavy atom. The van der Waals surface area contributed by atoms with Crippen molar-refractivity contribution in [2.45, 2.75) is 6.92 Å². The van der Waals surface area contributed by atoms with E-state index in [0.29, 0.717) is 27.4 Å². The fourth-order valence-electron chi connectivity index (χ4n) is 1.35. The third-order valence-corrected chi connectivity index (χ3v) is 3.10. The molecule has 2 rings (SSSR count). The molecule has 0 spiro atoms. The lowest BCUT2D eigenvalue weighted by Gasteiger charge is -2.10. The predicted molar refractivity (Wildman–Crippen MR) is 73.6 cm³/mol. The summed E-state index contributed by atoms with van der Waals surface area (Å²) in [5, 5.41) is 2.99. The molecule has 1 aromatic carbocycles. The van der Waals surface area contributed by atoms with E-state index in [2.05, 4.69) is 31.2 Å². The molecule has 2 aromatic rings. The number of nitrogens with zero attached hydrogens (tertiary/aromatic N) is 2. The van der Waals surface area contributed by atoms with Crippen LogP contribution in [0.2, 0.25) is 5.28 Å². The molecule has 1 heterocycles. The van der Waals surface area contributed by atoms with Crippen molar-refractivity contribution in [1.82, 2.24) is 9.97 Å². The second-order valence-corrected chi connectivity index (χ2v) is 4.79. The lowest BCUT2D eigenvalue weighted by molar-refractivity contribution is 0.622. The predicted octanol–water partition coefficient (Wildman–Crippen LogP) is 3.67. The number of hydrogen-bond acceptors (Lipinski definition) is 4. The molecule has 7 heteroatoms. The zero-order valence-corrected chi connectivity index (χ0v) is 11.7. The number of halogens is 3. The number of nitrogens with one attached hydrogen (secondary N) is 1. The van der Waals surface area contributed by atoms with Gasteiger partial charge >= 0.3 is 0 Å². The van der Waals surface area contributed by atoms with E-state index in [4.69, 9.17) is 17.3 Å². The molecular weight excluding hydrogens is 323 g/mol. The molecule has 4 nitrogen and oxygen atoms in total. The van der Waals surface area contributed by atoms with E-state index < -0.39 is 0 Å². The molecule has 1 aromatic heterocycles. The molecule has 0 saturated heterocycles. The van der Waals surface area contributed by atoms with Gasteiger partial charge in [-0.3, -0.25) is 0 Å². The average Bonchev–Trinajstić information content (AvgIpc) is 2.30. The highest BCUT2D eigenvalue weighted by molar-refractivity contribution is 9.10. The van der Waals surface area contributed by atoms with E-state index in [1.165, 1.54) is 6.07 Å². The second-order valence-electron chi connectivity index (χ2n) is 3.59. The van der Waals surface area contributed by atoms with Crippen LogP contribution in [0.25, 0.3) is 0 Å². The third kappa shape index (κ3) is 2.70. The Kier molecular flexibility index (Phi) is 3.68. The molecule has 0 aliphatic heterocycles. The molecule has 0 bridgehead atoms. The molecule has 0 atom stereocenters. The molecule has 18 heavy (non-hydrogen) atoms. The Balaban J connectivity index is 2.36. The monoisotopic (exact) mass is 330 g/mol. The first-order valence-electron chi connectivity index (χ1n) is 4.99. The Morgan fingerprint density at radius 3 is 2.78 bits per heavy atom. The highest BCUT2D eigenvalue weighted by Gasteiger charge is 2.09. The van der Waals surface area contributed by atoms with Gasteiger partial charge in [-0.25, -0.2) is 9.37 Å². The molecule has 0 aliphatic rings. The summed E-state index contributed by atoms with van der Waals surface area (Å²) in [5.41, 5.74) is 7.29. The molecule has 3 N–H and O–H groups in total. The zero-order valence-electron chi connectivity index (χ0n) is 9.34. The summed E-state index contributed by atoms with van der Waals surface area (Å²) in [6.07, 6.45) is 0. The van der Waals surface area contributed by atoms with Crippen LogP contribution < -0.4 is 11.1 Å². The molecule has 0 saturated carbocycles. The SMILES string of the molecule is Cc1nc(Cl)nc(Nc2ccc(Br)c(F)c2)c1N. The fourth-order valence-corrected chi connectivity index (χ4v) is 1.81. The molecule has 0 fully saturated rings. The van der Waals surface area contributed by atoms with E-state index in [9.17, 15) is 4.39 Å². The van der Waals surface area contributed by atoms with Crippen molar-refractivity contribution in [3.05, 3.63) is 39.5 Å². The number of aromatic nitrogens is 2. The fraction of sp³-hybridized carbons (Fsp3) is 0.0909. The van der Waals surface area contributed by atoms with Crippen LogP contribution in [0.4, 0.5) is 21.6 Å². The van der Waals surface area contributed by atoms with Crippen molar-refractivity contribution in [3.63, 3.8) is 0 Å². The maximum Gasteiger partial charge on any atom is 0.224 e. The van der Waals surface area contributed by atoms with Gasteiger partial charge in [-0.15, -0.1) is 0 Å². The maximum absolute atomic E-state index is 13.4. The Morgan fingerprint density at radius 1 is 1.39 bits per heavy atom. The lowest BCUT2D eigenvalue weighted by Crippen LogP contribution is -2.04. The zero-order chi connectivity index (χ0) is 13.3. The normalized spacial score (nSPS) is 10.4. The average molecular weight is 332 g/mol. The standard InChI is InChI=1S/C11H9BrClFN4/c1-5-9(15)10(18-11(13)16-5)17-6-2-3-7(12)8(14)4-6/h2-4H,15H2,1H3,(H,16,17,18). The first-order valence-corrected chi connectivity index (χ1v) is 6.16. The van der Waals surface area contributed by atoms with Crippen LogP contribution in [0.3, 0.4) is 0 Å². The number of hydrogen-bond donors (Lipinski definition) is 2. The van der Waals surface area contributed by atoms with Crippen LogP contribution in [-0.2, 0) is 0 Å². The minimum absolute atomic E-state index is 0.0850. The number of nitrogens with two attached hydrogens (primary N) is 1. The summed E-state index contributed by atoms with van der Waals surface area (Å²) < 4.78 is 13.8. The van der Waals surface area contributed by atoms with Crippen LogP contribution in [-0.4, -0.2) is 9.97 Å². The first kappa shape index (κ1) is 13.0. The van der Waals surface area contributed by atoms with Crippen LogP contribution in [0, 0.1) is 12.7 Å². The summed E-state index contributed by atoms with van der Waals surface area (Å²) in [6.45, 7) is 1.72. The number of nitrogen functional groups attached to an aromatic ring is 1. The number of benzene rings is 1. The van der Waals surface area contributed by atoms with Gasteiger partial charge in [0.15, 0.2) is 5.82 Å². The lowest BCUT2D eigenvalue weighted by atomic mass is 10.3. The van der Waals surface area contributed by atoms with Crippen molar-refractivity contribution in [2.75, 3.05) is 11.1 Å². The molecule has 0 radical (unpaired) electrons. The minimum atomic E-state index is -0.379. The summed E-state index contributed by atoms with van der Waals surface area (Å²) >= 11 is 8.82. The molecule has 94 valence electrons. The molecule has 0 amide bonds. The molecular formula is C11H9BrClFN4. The highest BCUT2D eigenvalue weighted by atomic mass is 79.9. The van der Waals surface area contributed by atoms with E-state index in [1.807, 2.05) is 0 Å². The van der Waals surface area contributed by atoms with Crippen molar-refractivity contribution in [1.29, 1.82) is 0 Å². The van der Waals surface area contributed by atoms with E-state index in [-0.39, 0.29) is 11.1 Å². The van der Waals surface area contributed by atoms with Gasteiger partial charge in [-0.2, -0.15) is 4.98 Å². The van der Waals surface area contributed by atoms with Gasteiger partial charge in [-0.1, -0.05) is 0 Å². The second kappa shape index (κ2) is 5.07. The Hall–Kier alpha value is -1.40. The largest absolute Gasteiger partial charge is 0.394 e. The smallest absolute Gasteiger partial charge is 0.224 e. The van der Waals surface area contributed by atoms with E-state index in [1.54, 1.807) is 19.1 Å². The Bertz CT molecular complexity index is 606. The van der Waals surface area contributed by atoms with E-state index in [0.717, 1.165) is 0 Å². The summed E-state index contributed by atoms with van der Waals surface area (Å²) in [5.74, 6) is -0.0235. The van der Waals surface area contributed by atoms with Crippen molar-refractivity contribution < 1.29 is 4.39 Å². The maximum atomic E-state index is 13.4. The summed E-state index contributed by atoms with van der Waals surface area (Å²) in [6, 6.07) is 4.61. The number of rotatable bonds is 2. The number of aryl methyl sites for hydroxylation is 1. The van der Waals surface area contributed by atoms with Gasteiger partial charge in [-0.05, 0) is 52.7 Å². The van der Waals surface area contributed by atoms with Crippen LogP contribution in [0.5, 0.6) is 0 Å². The van der Waals surface area contributed by atoms with Gasteiger partial charge in [0.05, 0.1) is 15.9 Å². The van der Waals surface area contributed by atoms with E-state index >= 15 is 0 Å². The third-order valence-electron chi connectivity index (χ3n) is 2.29. The molecule has 0 unspecified atom stereocenters. The Labute approximate surface area is 117 Å². The first-order chi connectivity index (χ1) is 8.47. The molecule has 0 aliphatic carbocycles. The van der Waals surface area contributed by atoms with Gasteiger partial charge in [0, 0.05) is 5.69 Å². The van der Waals surface area contributed by atoms with Gasteiger partial charge in [0.1, 0.15) is 5.82 Å². The van der Waals surface area contributed by atoms with Crippen LogP contribution >= 0.6 is 27.5 Å².